The molecule has 3 atom stereocenters. The third-order valence-corrected chi connectivity index (χ3v) is 6.24. The summed E-state index contributed by atoms with van der Waals surface area (Å²) in [6.07, 6.45) is 4.34. The van der Waals surface area contributed by atoms with E-state index in [4.69, 9.17) is 0 Å². The molecule has 3 fully saturated rings. The molecule has 27 heavy (non-hydrogen) atoms. The summed E-state index contributed by atoms with van der Waals surface area (Å²) in [5.41, 5.74) is 0.805. The van der Waals surface area contributed by atoms with Gasteiger partial charge in [0.25, 0.3) is 0 Å². The molecule has 1 saturated carbocycles. The van der Waals surface area contributed by atoms with Crippen LogP contribution in [0.3, 0.4) is 0 Å². The number of aliphatic carboxylic acids is 1. The first-order chi connectivity index (χ1) is 13.1. The van der Waals surface area contributed by atoms with Crippen molar-refractivity contribution in [1.82, 2.24) is 9.80 Å². The predicted molar refractivity (Wildman–Crippen MR) is 98.7 cm³/mol. The highest BCUT2D eigenvalue weighted by Crippen LogP contribution is 2.44. The lowest BCUT2D eigenvalue weighted by Crippen LogP contribution is -2.46. The molecule has 6 nitrogen and oxygen atoms in total. The van der Waals surface area contributed by atoms with Gasteiger partial charge in [-0.05, 0) is 43.1 Å². The summed E-state index contributed by atoms with van der Waals surface area (Å²) in [7, 11) is 0. The van der Waals surface area contributed by atoms with Gasteiger partial charge in [-0.2, -0.15) is 0 Å². The van der Waals surface area contributed by atoms with Gasteiger partial charge in [0.1, 0.15) is 6.04 Å². The molecule has 1 unspecified atom stereocenters. The monoisotopic (exact) mass is 370 g/mol. The topological polar surface area (TPSA) is 77.9 Å². The second kappa shape index (κ2) is 7.33. The molecule has 3 aliphatic rings. The summed E-state index contributed by atoms with van der Waals surface area (Å²) in [6.45, 7) is 1.32. The van der Waals surface area contributed by atoms with Crippen LogP contribution in [0.5, 0.6) is 0 Å². The zero-order valence-electron chi connectivity index (χ0n) is 15.4. The Morgan fingerprint density at radius 3 is 2.44 bits per heavy atom. The number of carboxylic acids is 1. The van der Waals surface area contributed by atoms with E-state index in [0.29, 0.717) is 25.4 Å². The van der Waals surface area contributed by atoms with Crippen LogP contribution >= 0.6 is 0 Å². The maximum absolute atomic E-state index is 13.5. The van der Waals surface area contributed by atoms with Crippen LogP contribution in [0.2, 0.25) is 0 Å². The summed E-state index contributed by atoms with van der Waals surface area (Å²) < 4.78 is 0. The van der Waals surface area contributed by atoms with Crippen molar-refractivity contribution in [3.8, 4) is 0 Å². The fourth-order valence-electron chi connectivity index (χ4n) is 4.64. The first-order valence-corrected chi connectivity index (χ1v) is 9.92. The van der Waals surface area contributed by atoms with Crippen LogP contribution in [-0.4, -0.2) is 52.3 Å². The molecule has 2 amide bonds. The highest BCUT2D eigenvalue weighted by atomic mass is 16.4. The van der Waals surface area contributed by atoms with Crippen LogP contribution in [0, 0.1) is 17.8 Å². The number of carbonyl (C=O) groups is 3. The molecule has 0 bridgehead atoms. The molecule has 144 valence electrons. The number of carbonyl (C=O) groups excluding carboxylic acids is 2. The van der Waals surface area contributed by atoms with Crippen LogP contribution in [-0.2, 0) is 14.4 Å². The van der Waals surface area contributed by atoms with Crippen molar-refractivity contribution in [2.24, 2.45) is 17.8 Å². The van der Waals surface area contributed by atoms with Crippen LogP contribution in [0.25, 0.3) is 0 Å². The summed E-state index contributed by atoms with van der Waals surface area (Å²) in [5.74, 6) is -0.958. The predicted octanol–water partition coefficient (Wildman–Crippen LogP) is 2.31. The number of rotatable bonds is 5. The summed E-state index contributed by atoms with van der Waals surface area (Å²) in [4.78, 5) is 41.1. The van der Waals surface area contributed by atoms with Crippen molar-refractivity contribution in [3.05, 3.63) is 35.9 Å². The fourth-order valence-corrected chi connectivity index (χ4v) is 4.64. The van der Waals surface area contributed by atoms with Gasteiger partial charge < -0.3 is 14.9 Å². The van der Waals surface area contributed by atoms with Gasteiger partial charge in [0.2, 0.25) is 11.8 Å². The maximum Gasteiger partial charge on any atom is 0.308 e. The molecule has 1 aliphatic carbocycles. The Hall–Kier alpha value is -2.37. The highest BCUT2D eigenvalue weighted by molar-refractivity contribution is 5.89. The van der Waals surface area contributed by atoms with Crippen molar-refractivity contribution < 1.29 is 19.5 Å². The van der Waals surface area contributed by atoms with E-state index in [-0.39, 0.29) is 24.3 Å². The third-order valence-electron chi connectivity index (χ3n) is 6.24. The Balaban J connectivity index is 1.61. The number of hydrogen-bond acceptors (Lipinski definition) is 3. The molecule has 2 saturated heterocycles. The van der Waals surface area contributed by atoms with E-state index >= 15 is 0 Å². The van der Waals surface area contributed by atoms with Gasteiger partial charge in [0.05, 0.1) is 5.92 Å². The lowest BCUT2D eigenvalue weighted by Gasteiger charge is -2.36. The molecule has 6 heteroatoms. The number of benzene rings is 1. The van der Waals surface area contributed by atoms with Crippen molar-refractivity contribution in [2.45, 2.75) is 38.1 Å². The number of nitrogens with zero attached hydrogens (tertiary/aromatic N) is 2. The zero-order chi connectivity index (χ0) is 19.0. The van der Waals surface area contributed by atoms with E-state index in [1.807, 2.05) is 30.3 Å². The molecule has 4 rings (SSSR count). The van der Waals surface area contributed by atoms with E-state index in [1.165, 1.54) is 0 Å². The second-order valence-corrected chi connectivity index (χ2v) is 8.05. The van der Waals surface area contributed by atoms with E-state index in [2.05, 4.69) is 0 Å². The van der Waals surface area contributed by atoms with E-state index in [9.17, 15) is 19.5 Å². The van der Waals surface area contributed by atoms with Gasteiger partial charge in [-0.25, -0.2) is 0 Å². The van der Waals surface area contributed by atoms with Crippen molar-refractivity contribution in [3.63, 3.8) is 0 Å². The first-order valence-electron chi connectivity index (χ1n) is 9.92. The lowest BCUT2D eigenvalue weighted by atomic mass is 9.92. The van der Waals surface area contributed by atoms with E-state index < -0.39 is 17.9 Å². The van der Waals surface area contributed by atoms with Crippen LogP contribution in [0.4, 0.5) is 0 Å². The molecule has 0 aromatic heterocycles. The number of hydrogen-bond donors (Lipinski definition) is 1. The number of piperidine rings is 1. The Bertz CT molecular complexity index is 731. The molecular weight excluding hydrogens is 344 g/mol. The Morgan fingerprint density at radius 1 is 1.07 bits per heavy atom. The SMILES string of the molecule is O=C(O)[C@H]1CN(C(=O)C(c2ccccc2)N2CCCCC2=O)C[C@@H]1C1CC1. The molecule has 2 aliphatic heterocycles. The molecule has 1 aromatic rings. The zero-order valence-corrected chi connectivity index (χ0v) is 15.4. The standard InChI is InChI=1S/C21H26N2O4/c24-18-8-4-5-11-23(18)19(15-6-2-1-3-7-15)20(25)22-12-16(14-9-10-14)17(13-22)21(26)27/h1-3,6-7,14,16-17,19H,4-5,8-13H2,(H,26,27)/t16-,17+,19?/m1/s1. The minimum atomic E-state index is -0.812. The van der Waals surface area contributed by atoms with E-state index in [1.54, 1.807) is 9.80 Å². The first kappa shape index (κ1) is 18.0. The van der Waals surface area contributed by atoms with Gasteiger partial charge in [-0.1, -0.05) is 30.3 Å². The molecule has 1 aromatic carbocycles. The molecule has 0 spiro atoms. The average Bonchev–Trinajstić information content (AvgIpc) is 3.42. The minimum Gasteiger partial charge on any atom is -0.481 e. The van der Waals surface area contributed by atoms with Crippen LogP contribution in [0.1, 0.15) is 43.7 Å². The highest BCUT2D eigenvalue weighted by Gasteiger charge is 2.48. The largest absolute Gasteiger partial charge is 0.481 e. The van der Waals surface area contributed by atoms with Gasteiger partial charge >= 0.3 is 5.97 Å². The molecule has 2 heterocycles. The van der Waals surface area contributed by atoms with Crippen molar-refractivity contribution in [1.29, 1.82) is 0 Å². The smallest absolute Gasteiger partial charge is 0.308 e. The number of carboxylic acid groups (broad SMARTS) is 1. The normalized spacial score (nSPS) is 26.9. The van der Waals surface area contributed by atoms with E-state index in [0.717, 1.165) is 31.2 Å². The van der Waals surface area contributed by atoms with Gasteiger partial charge in [0, 0.05) is 26.1 Å². The van der Waals surface area contributed by atoms with Crippen LogP contribution < -0.4 is 0 Å². The summed E-state index contributed by atoms with van der Waals surface area (Å²) >= 11 is 0. The maximum atomic E-state index is 13.5. The van der Waals surface area contributed by atoms with Gasteiger partial charge in [-0.3, -0.25) is 14.4 Å². The Kier molecular flexibility index (Phi) is 4.89. The molecule has 0 radical (unpaired) electrons. The Labute approximate surface area is 159 Å². The van der Waals surface area contributed by atoms with Crippen molar-refractivity contribution >= 4 is 17.8 Å². The average molecular weight is 370 g/mol. The van der Waals surface area contributed by atoms with Crippen molar-refractivity contribution in [2.75, 3.05) is 19.6 Å². The molecule has 1 N–H and O–H groups in total. The van der Waals surface area contributed by atoms with Gasteiger partial charge in [0.15, 0.2) is 0 Å². The third kappa shape index (κ3) is 3.57. The fraction of sp³-hybridized carbons (Fsp3) is 0.571. The number of amides is 2. The quantitative estimate of drug-likeness (QED) is 0.863. The summed E-state index contributed by atoms with van der Waals surface area (Å²) in [6, 6.07) is 8.76. The molecular formula is C21H26N2O4. The second-order valence-electron chi connectivity index (χ2n) is 8.05. The number of likely N-dealkylation sites (tertiary alicyclic amines) is 2. The summed E-state index contributed by atoms with van der Waals surface area (Å²) in [5, 5.41) is 9.60. The Morgan fingerprint density at radius 2 is 1.81 bits per heavy atom. The lowest BCUT2D eigenvalue weighted by molar-refractivity contribution is -0.148. The van der Waals surface area contributed by atoms with Gasteiger partial charge in [-0.15, -0.1) is 0 Å². The minimum absolute atomic E-state index is 0.0103. The van der Waals surface area contributed by atoms with Crippen LogP contribution in [0.15, 0.2) is 30.3 Å².